The van der Waals surface area contributed by atoms with Crippen LogP contribution in [0.3, 0.4) is 0 Å². The molecule has 4 N–H and O–H groups in total. The zero-order valence-electron chi connectivity index (χ0n) is 19.4. The minimum Gasteiger partial charge on any atom is -0.354 e. The molecule has 2 aromatic rings. The Kier molecular flexibility index (Phi) is 8.25. The van der Waals surface area contributed by atoms with Gasteiger partial charge in [0.05, 0.1) is 4.90 Å². The third-order valence-corrected chi connectivity index (χ3v) is 7.32. The van der Waals surface area contributed by atoms with Gasteiger partial charge >= 0.3 is 0 Å². The molecule has 0 unspecified atom stereocenters. The maximum Gasteiger partial charge on any atom is 0.241 e. The smallest absolute Gasteiger partial charge is 0.241 e. The predicted molar refractivity (Wildman–Crippen MR) is 129 cm³/mol. The molecule has 1 aromatic carbocycles. The molecular formula is C22H35N7O2S. The number of aryl methyl sites for hydroxylation is 2. The molecule has 10 heteroatoms. The van der Waals surface area contributed by atoms with Crippen molar-refractivity contribution in [3.05, 3.63) is 29.3 Å². The number of nitrogens with zero attached hydrogens (tertiary/aromatic N) is 3. The topological polar surface area (TPSA) is 121 Å². The Morgan fingerprint density at radius 1 is 0.875 bits per heavy atom. The lowest BCUT2D eigenvalue weighted by molar-refractivity contribution is 0.323. The van der Waals surface area contributed by atoms with E-state index in [4.69, 9.17) is 0 Å². The second kappa shape index (κ2) is 10.9. The molecule has 0 atom stereocenters. The molecule has 0 aliphatic heterocycles. The van der Waals surface area contributed by atoms with E-state index in [0.717, 1.165) is 56.4 Å². The monoisotopic (exact) mass is 461 g/mol. The average molecular weight is 462 g/mol. The van der Waals surface area contributed by atoms with Crippen molar-refractivity contribution in [2.24, 2.45) is 5.92 Å². The molecule has 32 heavy (non-hydrogen) atoms. The van der Waals surface area contributed by atoms with Gasteiger partial charge < -0.3 is 16.0 Å². The summed E-state index contributed by atoms with van der Waals surface area (Å²) in [6.45, 7) is 10.0. The van der Waals surface area contributed by atoms with Crippen LogP contribution in [0.1, 0.15) is 50.7 Å². The van der Waals surface area contributed by atoms with E-state index >= 15 is 0 Å². The summed E-state index contributed by atoms with van der Waals surface area (Å²) < 4.78 is 28.6. The van der Waals surface area contributed by atoms with Crippen LogP contribution in [0.4, 0.5) is 17.8 Å². The van der Waals surface area contributed by atoms with Crippen molar-refractivity contribution in [2.75, 3.05) is 35.6 Å². The molecular weight excluding hydrogens is 426 g/mol. The van der Waals surface area contributed by atoms with E-state index in [1.54, 1.807) is 6.07 Å². The van der Waals surface area contributed by atoms with E-state index in [1.807, 2.05) is 39.8 Å². The summed E-state index contributed by atoms with van der Waals surface area (Å²) in [6.07, 6.45) is 3.52. The molecule has 1 fully saturated rings. The molecule has 176 valence electrons. The Balaban J connectivity index is 1.53. The first-order valence-electron chi connectivity index (χ1n) is 11.4. The molecule has 0 amide bonds. The van der Waals surface area contributed by atoms with E-state index in [1.165, 1.54) is 0 Å². The largest absolute Gasteiger partial charge is 0.354 e. The SMILES string of the molecule is CCNc1nc(NCC)nc(NCC2CCC(NS(=O)(=O)c3ccc(C)cc3C)CC2)n1. The minimum atomic E-state index is -3.51. The van der Waals surface area contributed by atoms with Crippen molar-refractivity contribution in [1.82, 2.24) is 19.7 Å². The van der Waals surface area contributed by atoms with Gasteiger partial charge in [-0.3, -0.25) is 0 Å². The maximum absolute atomic E-state index is 12.8. The van der Waals surface area contributed by atoms with Gasteiger partial charge in [0.2, 0.25) is 27.9 Å². The zero-order chi connectivity index (χ0) is 23.1. The molecule has 9 nitrogen and oxygen atoms in total. The third kappa shape index (κ3) is 6.52. The molecule has 1 aliphatic rings. The van der Waals surface area contributed by atoms with Crippen LogP contribution in [0, 0.1) is 19.8 Å². The lowest BCUT2D eigenvalue weighted by Gasteiger charge is -2.29. The molecule has 0 bridgehead atoms. The Morgan fingerprint density at radius 2 is 1.44 bits per heavy atom. The summed E-state index contributed by atoms with van der Waals surface area (Å²) in [7, 11) is -3.51. The van der Waals surface area contributed by atoms with Crippen molar-refractivity contribution in [2.45, 2.75) is 64.3 Å². The summed E-state index contributed by atoms with van der Waals surface area (Å²) in [5.74, 6) is 2.08. The van der Waals surface area contributed by atoms with E-state index in [9.17, 15) is 8.42 Å². The quantitative estimate of drug-likeness (QED) is 0.425. The fourth-order valence-corrected chi connectivity index (χ4v) is 5.56. The molecule has 1 heterocycles. The van der Waals surface area contributed by atoms with E-state index in [-0.39, 0.29) is 6.04 Å². The van der Waals surface area contributed by atoms with Gasteiger partial charge in [0.25, 0.3) is 0 Å². The van der Waals surface area contributed by atoms with Crippen molar-refractivity contribution in [1.29, 1.82) is 0 Å². The van der Waals surface area contributed by atoms with E-state index in [2.05, 4.69) is 35.6 Å². The lowest BCUT2D eigenvalue weighted by atomic mass is 9.86. The number of nitrogens with one attached hydrogen (secondary N) is 4. The first-order valence-corrected chi connectivity index (χ1v) is 12.9. The molecule has 1 aliphatic carbocycles. The van der Waals surface area contributed by atoms with Gasteiger partial charge in [-0.25, -0.2) is 13.1 Å². The van der Waals surface area contributed by atoms with Crippen LogP contribution >= 0.6 is 0 Å². The molecule has 0 spiro atoms. The van der Waals surface area contributed by atoms with Crippen LogP contribution in [0.2, 0.25) is 0 Å². The van der Waals surface area contributed by atoms with Crippen molar-refractivity contribution < 1.29 is 8.42 Å². The summed E-state index contributed by atoms with van der Waals surface area (Å²) in [5.41, 5.74) is 1.84. The summed E-state index contributed by atoms with van der Waals surface area (Å²) in [5, 5.41) is 9.58. The van der Waals surface area contributed by atoms with Crippen LogP contribution in [-0.4, -0.2) is 49.0 Å². The summed E-state index contributed by atoms with van der Waals surface area (Å²) in [6, 6.07) is 5.41. The highest BCUT2D eigenvalue weighted by Gasteiger charge is 2.26. The number of sulfonamides is 1. The Hall–Kier alpha value is -2.46. The van der Waals surface area contributed by atoms with Gasteiger partial charge in [-0.05, 0) is 70.9 Å². The maximum atomic E-state index is 12.8. The van der Waals surface area contributed by atoms with Crippen LogP contribution in [-0.2, 0) is 10.0 Å². The number of anilines is 3. The third-order valence-electron chi connectivity index (χ3n) is 5.64. The number of hydrogen-bond acceptors (Lipinski definition) is 8. The van der Waals surface area contributed by atoms with Crippen molar-refractivity contribution in [3.8, 4) is 0 Å². The average Bonchev–Trinajstić information content (AvgIpc) is 2.73. The summed E-state index contributed by atoms with van der Waals surface area (Å²) >= 11 is 0. The van der Waals surface area contributed by atoms with Gasteiger partial charge in [0, 0.05) is 25.7 Å². The Labute approximate surface area is 191 Å². The highest BCUT2D eigenvalue weighted by atomic mass is 32.2. The Bertz CT molecular complexity index is 981. The molecule has 0 saturated heterocycles. The van der Waals surface area contributed by atoms with Gasteiger partial charge in [0.1, 0.15) is 0 Å². The summed E-state index contributed by atoms with van der Waals surface area (Å²) in [4.78, 5) is 13.6. The second-order valence-corrected chi connectivity index (χ2v) is 10.0. The van der Waals surface area contributed by atoms with Crippen molar-refractivity contribution >= 4 is 27.9 Å². The van der Waals surface area contributed by atoms with Crippen LogP contribution in [0.5, 0.6) is 0 Å². The molecule has 3 rings (SSSR count). The van der Waals surface area contributed by atoms with Crippen LogP contribution in [0.25, 0.3) is 0 Å². The number of benzene rings is 1. The van der Waals surface area contributed by atoms with Gasteiger partial charge in [-0.2, -0.15) is 15.0 Å². The number of aromatic nitrogens is 3. The molecule has 1 aromatic heterocycles. The number of rotatable bonds is 10. The number of hydrogen-bond donors (Lipinski definition) is 4. The zero-order valence-corrected chi connectivity index (χ0v) is 20.2. The van der Waals surface area contributed by atoms with Gasteiger partial charge in [-0.1, -0.05) is 17.7 Å². The van der Waals surface area contributed by atoms with Gasteiger partial charge in [-0.15, -0.1) is 0 Å². The normalized spacial score (nSPS) is 18.9. The lowest BCUT2D eigenvalue weighted by Crippen LogP contribution is -2.38. The standard InChI is InChI=1S/C22H35N7O2S/c1-5-23-20-26-21(24-6-2)28-22(27-20)25-14-17-8-10-18(11-9-17)29-32(30,31)19-12-7-15(3)13-16(19)4/h7,12-13,17-18,29H,5-6,8-11,14H2,1-4H3,(H3,23,24,25,26,27,28). The second-order valence-electron chi connectivity index (χ2n) is 8.36. The highest BCUT2D eigenvalue weighted by molar-refractivity contribution is 7.89. The first-order chi connectivity index (χ1) is 15.3. The molecule has 1 saturated carbocycles. The minimum absolute atomic E-state index is 0.0326. The highest BCUT2D eigenvalue weighted by Crippen LogP contribution is 2.26. The Morgan fingerprint density at radius 3 is 1.97 bits per heavy atom. The van der Waals surface area contributed by atoms with E-state index in [0.29, 0.717) is 28.7 Å². The fourth-order valence-electron chi connectivity index (χ4n) is 4.03. The van der Waals surface area contributed by atoms with E-state index < -0.39 is 10.0 Å². The van der Waals surface area contributed by atoms with Gasteiger partial charge in [0.15, 0.2) is 0 Å². The van der Waals surface area contributed by atoms with Crippen LogP contribution < -0.4 is 20.7 Å². The van der Waals surface area contributed by atoms with Crippen molar-refractivity contribution in [3.63, 3.8) is 0 Å². The molecule has 0 radical (unpaired) electrons. The predicted octanol–water partition coefficient (Wildman–Crippen LogP) is 3.30. The fraction of sp³-hybridized carbons (Fsp3) is 0.591. The van der Waals surface area contributed by atoms with Crippen LogP contribution in [0.15, 0.2) is 23.1 Å². The first kappa shape index (κ1) is 24.2.